The first-order valence-electron chi connectivity index (χ1n) is 6.22. The van der Waals surface area contributed by atoms with Gasteiger partial charge in [-0.05, 0) is 57.2 Å². The molecule has 0 fully saturated rings. The number of hydrogen-bond acceptors (Lipinski definition) is 4. The lowest BCUT2D eigenvalue weighted by atomic mass is 10.2. The minimum absolute atomic E-state index is 0.253. The Balaban J connectivity index is 2.20. The van der Waals surface area contributed by atoms with Gasteiger partial charge in [-0.15, -0.1) is 0 Å². The van der Waals surface area contributed by atoms with E-state index < -0.39 is 0 Å². The SMILES string of the molecule is CC(C)(C)Oc1nc(Sc2ccc(F)cc2)ccc1N. The molecular weight excluding hydrogens is 275 g/mol. The number of nitrogen functional groups attached to an aromatic ring is 1. The van der Waals surface area contributed by atoms with E-state index in [0.717, 1.165) is 9.92 Å². The predicted octanol–water partition coefficient (Wildman–Crippen LogP) is 4.13. The van der Waals surface area contributed by atoms with Gasteiger partial charge in [-0.25, -0.2) is 9.37 Å². The number of aromatic nitrogens is 1. The van der Waals surface area contributed by atoms with E-state index in [9.17, 15) is 4.39 Å². The smallest absolute Gasteiger partial charge is 0.238 e. The van der Waals surface area contributed by atoms with E-state index in [-0.39, 0.29) is 11.4 Å². The van der Waals surface area contributed by atoms with Crippen molar-refractivity contribution in [3.8, 4) is 5.88 Å². The Morgan fingerprint density at radius 1 is 1.10 bits per heavy atom. The third-order valence-corrected chi connectivity index (χ3v) is 3.25. The maximum Gasteiger partial charge on any atom is 0.238 e. The van der Waals surface area contributed by atoms with E-state index in [2.05, 4.69) is 4.98 Å². The van der Waals surface area contributed by atoms with Gasteiger partial charge in [0.05, 0.1) is 5.69 Å². The molecule has 0 saturated heterocycles. The summed E-state index contributed by atoms with van der Waals surface area (Å²) in [6.45, 7) is 5.82. The van der Waals surface area contributed by atoms with E-state index in [1.807, 2.05) is 26.8 Å². The molecule has 1 heterocycles. The molecule has 0 atom stereocenters. The van der Waals surface area contributed by atoms with E-state index >= 15 is 0 Å². The van der Waals surface area contributed by atoms with Crippen LogP contribution in [0.3, 0.4) is 0 Å². The molecule has 0 aliphatic rings. The van der Waals surface area contributed by atoms with Crippen LogP contribution in [0.5, 0.6) is 5.88 Å². The third kappa shape index (κ3) is 4.13. The fraction of sp³-hybridized carbons (Fsp3) is 0.267. The van der Waals surface area contributed by atoms with E-state index in [0.29, 0.717) is 11.6 Å². The number of nitrogens with zero attached hydrogens (tertiary/aromatic N) is 1. The number of ether oxygens (including phenoxy) is 1. The van der Waals surface area contributed by atoms with E-state index in [1.165, 1.54) is 23.9 Å². The van der Waals surface area contributed by atoms with Crippen LogP contribution in [0.2, 0.25) is 0 Å². The van der Waals surface area contributed by atoms with Crippen LogP contribution in [0.25, 0.3) is 0 Å². The van der Waals surface area contributed by atoms with Crippen LogP contribution in [0, 0.1) is 5.82 Å². The third-order valence-electron chi connectivity index (χ3n) is 2.30. The number of nitrogens with two attached hydrogens (primary N) is 1. The summed E-state index contributed by atoms with van der Waals surface area (Å²) in [5.41, 5.74) is 6.01. The molecule has 2 rings (SSSR count). The Morgan fingerprint density at radius 2 is 1.75 bits per heavy atom. The predicted molar refractivity (Wildman–Crippen MR) is 79.6 cm³/mol. The molecule has 5 heteroatoms. The van der Waals surface area contributed by atoms with Gasteiger partial charge in [0.2, 0.25) is 5.88 Å². The fourth-order valence-corrected chi connectivity index (χ4v) is 2.26. The van der Waals surface area contributed by atoms with Crippen LogP contribution in [0.1, 0.15) is 20.8 Å². The molecule has 2 aromatic rings. The average Bonchev–Trinajstić information content (AvgIpc) is 2.34. The van der Waals surface area contributed by atoms with Crippen molar-refractivity contribution in [3.63, 3.8) is 0 Å². The summed E-state index contributed by atoms with van der Waals surface area (Å²) in [6.07, 6.45) is 0. The van der Waals surface area contributed by atoms with Crippen LogP contribution in [0.4, 0.5) is 10.1 Å². The van der Waals surface area contributed by atoms with E-state index in [1.54, 1.807) is 18.2 Å². The maximum atomic E-state index is 12.9. The molecule has 0 bridgehead atoms. The number of rotatable bonds is 3. The van der Waals surface area contributed by atoms with Crippen molar-refractivity contribution < 1.29 is 9.13 Å². The zero-order valence-electron chi connectivity index (χ0n) is 11.7. The molecule has 3 nitrogen and oxygen atoms in total. The zero-order chi connectivity index (χ0) is 14.8. The Bertz CT molecular complexity index is 594. The summed E-state index contributed by atoms with van der Waals surface area (Å²) in [5.74, 6) is 0.168. The summed E-state index contributed by atoms with van der Waals surface area (Å²) < 4.78 is 18.6. The highest BCUT2D eigenvalue weighted by molar-refractivity contribution is 7.99. The van der Waals surface area contributed by atoms with Crippen molar-refractivity contribution >= 4 is 17.4 Å². The average molecular weight is 292 g/mol. The Hall–Kier alpha value is -1.75. The fourth-order valence-electron chi connectivity index (χ4n) is 1.49. The summed E-state index contributed by atoms with van der Waals surface area (Å²) in [7, 11) is 0. The van der Waals surface area contributed by atoms with Gasteiger partial charge in [-0.2, -0.15) is 0 Å². The number of benzene rings is 1. The molecular formula is C15H17FN2OS. The van der Waals surface area contributed by atoms with Crippen LogP contribution >= 0.6 is 11.8 Å². The topological polar surface area (TPSA) is 48.1 Å². The second kappa shape index (κ2) is 5.71. The van der Waals surface area contributed by atoms with Crippen LogP contribution in [0.15, 0.2) is 46.3 Å². The standard InChI is InChI=1S/C15H17FN2OS/c1-15(2,3)19-14-12(17)8-9-13(18-14)20-11-6-4-10(16)5-7-11/h4-9H,17H2,1-3H3. The van der Waals surface area contributed by atoms with Crippen molar-refractivity contribution in [2.24, 2.45) is 0 Å². The lowest BCUT2D eigenvalue weighted by molar-refractivity contribution is 0.124. The van der Waals surface area contributed by atoms with Gasteiger partial charge in [0, 0.05) is 4.90 Å². The number of pyridine rings is 1. The number of halogens is 1. The molecule has 2 N–H and O–H groups in total. The van der Waals surface area contributed by atoms with Crippen molar-refractivity contribution in [2.45, 2.75) is 36.3 Å². The minimum atomic E-state index is -0.361. The van der Waals surface area contributed by atoms with Crippen molar-refractivity contribution in [1.82, 2.24) is 4.98 Å². The molecule has 0 spiro atoms. The number of hydrogen-bond donors (Lipinski definition) is 1. The van der Waals surface area contributed by atoms with Crippen molar-refractivity contribution in [3.05, 3.63) is 42.2 Å². The molecule has 0 amide bonds. The molecule has 20 heavy (non-hydrogen) atoms. The lowest BCUT2D eigenvalue weighted by Gasteiger charge is -2.21. The molecule has 1 aromatic heterocycles. The summed E-state index contributed by atoms with van der Waals surface area (Å²) >= 11 is 1.43. The Kier molecular flexibility index (Phi) is 4.18. The highest BCUT2D eigenvalue weighted by Gasteiger charge is 2.15. The first kappa shape index (κ1) is 14.7. The van der Waals surface area contributed by atoms with Crippen LogP contribution in [-0.4, -0.2) is 10.6 Å². The van der Waals surface area contributed by atoms with Gasteiger partial charge in [-0.3, -0.25) is 0 Å². The number of anilines is 1. The summed E-state index contributed by atoms with van der Waals surface area (Å²) in [4.78, 5) is 5.31. The molecule has 0 unspecified atom stereocenters. The highest BCUT2D eigenvalue weighted by Crippen LogP contribution is 2.31. The summed E-state index contributed by atoms with van der Waals surface area (Å²) in [6, 6.07) is 9.85. The molecule has 0 aliphatic heterocycles. The molecule has 0 radical (unpaired) electrons. The normalized spacial score (nSPS) is 11.4. The lowest BCUT2D eigenvalue weighted by Crippen LogP contribution is -2.24. The largest absolute Gasteiger partial charge is 0.470 e. The van der Waals surface area contributed by atoms with Gasteiger partial charge in [0.1, 0.15) is 16.4 Å². The second-order valence-corrected chi connectivity index (χ2v) is 6.41. The molecule has 0 aliphatic carbocycles. The first-order valence-corrected chi connectivity index (χ1v) is 7.04. The van der Waals surface area contributed by atoms with E-state index in [4.69, 9.17) is 10.5 Å². The van der Waals surface area contributed by atoms with Crippen molar-refractivity contribution in [1.29, 1.82) is 0 Å². The van der Waals surface area contributed by atoms with Gasteiger partial charge in [0.25, 0.3) is 0 Å². The Morgan fingerprint density at radius 3 is 2.35 bits per heavy atom. The minimum Gasteiger partial charge on any atom is -0.470 e. The maximum absolute atomic E-state index is 12.9. The monoisotopic (exact) mass is 292 g/mol. The second-order valence-electron chi connectivity index (χ2n) is 5.31. The van der Waals surface area contributed by atoms with Gasteiger partial charge >= 0.3 is 0 Å². The Labute approximate surface area is 122 Å². The van der Waals surface area contributed by atoms with Crippen LogP contribution < -0.4 is 10.5 Å². The molecule has 1 aromatic carbocycles. The van der Waals surface area contributed by atoms with Gasteiger partial charge < -0.3 is 10.5 Å². The molecule has 106 valence electrons. The van der Waals surface area contributed by atoms with Crippen LogP contribution in [-0.2, 0) is 0 Å². The zero-order valence-corrected chi connectivity index (χ0v) is 12.5. The van der Waals surface area contributed by atoms with Crippen molar-refractivity contribution in [2.75, 3.05) is 5.73 Å². The molecule has 0 saturated carbocycles. The quantitative estimate of drug-likeness (QED) is 0.924. The first-order chi connectivity index (χ1) is 9.33. The summed E-state index contributed by atoms with van der Waals surface area (Å²) in [5, 5.41) is 0.755. The van der Waals surface area contributed by atoms with Gasteiger partial charge in [-0.1, -0.05) is 11.8 Å². The highest BCUT2D eigenvalue weighted by atomic mass is 32.2. The van der Waals surface area contributed by atoms with Gasteiger partial charge in [0.15, 0.2) is 0 Å².